The monoisotopic (exact) mass is 323 g/mol. The first-order chi connectivity index (χ1) is 11.6. The lowest BCUT2D eigenvalue weighted by Crippen LogP contribution is -2.24. The van der Waals surface area contributed by atoms with Crippen molar-refractivity contribution in [1.82, 2.24) is 14.1 Å². The number of para-hydroxylation sites is 2. The van der Waals surface area contributed by atoms with Crippen molar-refractivity contribution < 1.29 is 0 Å². The summed E-state index contributed by atoms with van der Waals surface area (Å²) >= 11 is 0. The van der Waals surface area contributed by atoms with Gasteiger partial charge in [0.1, 0.15) is 5.82 Å². The number of aromatic nitrogens is 3. The average Bonchev–Trinajstić information content (AvgIpc) is 3.18. The van der Waals surface area contributed by atoms with E-state index in [2.05, 4.69) is 10.3 Å². The zero-order chi connectivity index (χ0) is 16.7. The van der Waals surface area contributed by atoms with Gasteiger partial charge in [0.05, 0.1) is 28.6 Å². The van der Waals surface area contributed by atoms with Crippen LogP contribution in [0.5, 0.6) is 0 Å². The number of nitrogen functional groups attached to an aromatic ring is 1. The molecule has 2 heterocycles. The van der Waals surface area contributed by atoms with Gasteiger partial charge in [-0.15, -0.1) is 0 Å². The minimum atomic E-state index is 0.0371. The summed E-state index contributed by atoms with van der Waals surface area (Å²) in [6, 6.07) is 9.81. The molecule has 6 heteroatoms. The second kappa shape index (κ2) is 5.70. The number of hydrogen-bond donors (Lipinski definition) is 2. The second-order valence-corrected chi connectivity index (χ2v) is 6.42. The maximum Gasteiger partial charge on any atom is 0.329 e. The van der Waals surface area contributed by atoms with Crippen molar-refractivity contribution in [3.05, 3.63) is 47.0 Å². The molecule has 0 saturated heterocycles. The summed E-state index contributed by atoms with van der Waals surface area (Å²) < 4.78 is 3.62. The Morgan fingerprint density at radius 1 is 1.21 bits per heavy atom. The molecule has 1 saturated carbocycles. The molecule has 124 valence electrons. The minimum Gasteiger partial charge on any atom is -0.397 e. The summed E-state index contributed by atoms with van der Waals surface area (Å²) in [6.45, 7) is 0. The topological polar surface area (TPSA) is 77.9 Å². The highest BCUT2D eigenvalue weighted by atomic mass is 16.1. The molecule has 4 rings (SSSR count). The fourth-order valence-corrected chi connectivity index (χ4v) is 3.59. The quantitative estimate of drug-likeness (QED) is 0.726. The molecule has 0 spiro atoms. The van der Waals surface area contributed by atoms with Crippen LogP contribution in [0.1, 0.15) is 31.7 Å². The molecule has 0 amide bonds. The van der Waals surface area contributed by atoms with Crippen molar-refractivity contribution in [3.8, 4) is 0 Å². The van der Waals surface area contributed by atoms with Gasteiger partial charge in [-0.05, 0) is 25.0 Å². The zero-order valence-corrected chi connectivity index (χ0v) is 13.7. The van der Waals surface area contributed by atoms with Crippen LogP contribution in [0.4, 0.5) is 17.2 Å². The van der Waals surface area contributed by atoms with Crippen molar-refractivity contribution >= 4 is 28.2 Å². The number of nitrogens with one attached hydrogen (secondary N) is 1. The van der Waals surface area contributed by atoms with Crippen molar-refractivity contribution in [2.24, 2.45) is 7.05 Å². The number of imidazole rings is 1. The third-order valence-electron chi connectivity index (χ3n) is 4.89. The summed E-state index contributed by atoms with van der Waals surface area (Å²) in [4.78, 5) is 17.1. The first kappa shape index (κ1) is 14.8. The zero-order valence-electron chi connectivity index (χ0n) is 13.7. The molecule has 1 aromatic carbocycles. The summed E-state index contributed by atoms with van der Waals surface area (Å²) in [5.74, 6) is 0.692. The first-order valence-corrected chi connectivity index (χ1v) is 8.33. The summed E-state index contributed by atoms with van der Waals surface area (Å²) in [7, 11) is 1.81. The lowest BCUT2D eigenvalue weighted by atomic mass is 10.2. The van der Waals surface area contributed by atoms with Gasteiger partial charge in [0.2, 0.25) is 0 Å². The number of nitrogens with two attached hydrogens (primary N) is 1. The van der Waals surface area contributed by atoms with Crippen molar-refractivity contribution in [3.63, 3.8) is 0 Å². The van der Waals surface area contributed by atoms with E-state index < -0.39 is 0 Å². The molecule has 0 bridgehead atoms. The van der Waals surface area contributed by atoms with E-state index in [1.54, 1.807) is 17.8 Å². The molecule has 1 aliphatic carbocycles. The Labute approximate surface area is 139 Å². The van der Waals surface area contributed by atoms with Crippen LogP contribution < -0.4 is 16.7 Å². The summed E-state index contributed by atoms with van der Waals surface area (Å²) in [5, 5.41) is 3.25. The number of rotatable bonds is 3. The summed E-state index contributed by atoms with van der Waals surface area (Å²) in [5.41, 5.74) is 9.30. The van der Waals surface area contributed by atoms with E-state index in [4.69, 9.17) is 5.73 Å². The Morgan fingerprint density at radius 3 is 2.71 bits per heavy atom. The molecule has 2 aromatic heterocycles. The molecule has 0 atom stereocenters. The molecule has 0 aliphatic heterocycles. The maximum atomic E-state index is 12.7. The van der Waals surface area contributed by atoms with E-state index in [0.29, 0.717) is 17.5 Å². The van der Waals surface area contributed by atoms with E-state index in [1.807, 2.05) is 34.9 Å². The van der Waals surface area contributed by atoms with Crippen molar-refractivity contribution in [1.29, 1.82) is 0 Å². The van der Waals surface area contributed by atoms with Crippen LogP contribution in [0.15, 0.2) is 41.3 Å². The van der Waals surface area contributed by atoms with E-state index in [9.17, 15) is 4.79 Å². The third-order valence-corrected chi connectivity index (χ3v) is 4.89. The number of benzene rings is 1. The Balaban J connectivity index is 1.81. The first-order valence-electron chi connectivity index (χ1n) is 8.33. The molecule has 0 radical (unpaired) electrons. The Hall–Kier alpha value is -2.76. The number of fused-ring (bicyclic) bond motifs is 1. The van der Waals surface area contributed by atoms with Gasteiger partial charge in [-0.2, -0.15) is 0 Å². The molecule has 6 nitrogen and oxygen atoms in total. The van der Waals surface area contributed by atoms with Crippen molar-refractivity contribution in [2.45, 2.75) is 31.7 Å². The average molecular weight is 323 g/mol. The number of pyridine rings is 1. The molecule has 24 heavy (non-hydrogen) atoms. The van der Waals surface area contributed by atoms with E-state index >= 15 is 0 Å². The van der Waals surface area contributed by atoms with Crippen LogP contribution in [0.2, 0.25) is 0 Å². The minimum absolute atomic E-state index is 0.0371. The predicted octanol–water partition coefficient (Wildman–Crippen LogP) is 3.18. The lowest BCUT2D eigenvalue weighted by molar-refractivity contribution is 0.509. The fraction of sp³-hybridized carbons (Fsp3) is 0.333. The maximum absolute atomic E-state index is 12.7. The number of nitrogens with zero attached hydrogens (tertiary/aromatic N) is 3. The molecule has 3 N–H and O–H groups in total. The van der Waals surface area contributed by atoms with Gasteiger partial charge in [-0.3, -0.25) is 9.13 Å². The van der Waals surface area contributed by atoms with Crippen molar-refractivity contribution in [2.75, 3.05) is 11.1 Å². The van der Waals surface area contributed by atoms with Gasteiger partial charge in [0.25, 0.3) is 0 Å². The predicted molar refractivity (Wildman–Crippen MR) is 96.6 cm³/mol. The van der Waals surface area contributed by atoms with E-state index in [1.165, 1.54) is 12.8 Å². The van der Waals surface area contributed by atoms with Gasteiger partial charge >= 0.3 is 5.69 Å². The Kier molecular flexibility index (Phi) is 3.52. The van der Waals surface area contributed by atoms with Gasteiger partial charge in [0, 0.05) is 19.2 Å². The third kappa shape index (κ3) is 2.35. The van der Waals surface area contributed by atoms with Crippen LogP contribution in [0, 0.1) is 0 Å². The smallest absolute Gasteiger partial charge is 0.329 e. The summed E-state index contributed by atoms with van der Waals surface area (Å²) in [6.07, 6.45) is 6.25. The van der Waals surface area contributed by atoms with E-state index in [-0.39, 0.29) is 5.69 Å². The van der Waals surface area contributed by atoms with Crippen LogP contribution >= 0.6 is 0 Å². The van der Waals surface area contributed by atoms with Gasteiger partial charge in [-0.1, -0.05) is 25.0 Å². The fourth-order valence-electron chi connectivity index (χ4n) is 3.59. The van der Waals surface area contributed by atoms with Gasteiger partial charge < -0.3 is 11.1 Å². The Morgan fingerprint density at radius 2 is 1.96 bits per heavy atom. The normalized spacial score (nSPS) is 15.2. The standard InChI is InChI=1S/C18H21N5O/c1-22-16-11-20-17(21-14-9-5-4-8-13(14)19)10-15(16)23(18(22)24)12-6-2-3-7-12/h4-5,8-12H,2-3,6-7,19H2,1H3,(H,20,21). The van der Waals surface area contributed by atoms with Gasteiger partial charge in [0.15, 0.2) is 0 Å². The number of hydrogen-bond acceptors (Lipinski definition) is 4. The largest absolute Gasteiger partial charge is 0.397 e. The van der Waals surface area contributed by atoms with E-state index in [0.717, 1.165) is 29.6 Å². The highest BCUT2D eigenvalue weighted by Gasteiger charge is 2.23. The molecular weight excluding hydrogens is 302 g/mol. The highest BCUT2D eigenvalue weighted by molar-refractivity contribution is 5.80. The van der Waals surface area contributed by atoms with Crippen LogP contribution in [-0.2, 0) is 7.05 Å². The van der Waals surface area contributed by atoms with Gasteiger partial charge in [-0.25, -0.2) is 9.78 Å². The SMILES string of the molecule is Cn1c(=O)n(C2CCCC2)c2cc(Nc3ccccc3N)ncc21. The second-order valence-electron chi connectivity index (χ2n) is 6.42. The Bertz CT molecular complexity index is 950. The number of aryl methyl sites for hydroxylation is 1. The van der Waals surface area contributed by atoms with Crippen LogP contribution in [0.25, 0.3) is 11.0 Å². The molecule has 1 aliphatic rings. The van der Waals surface area contributed by atoms with Crippen LogP contribution in [-0.4, -0.2) is 14.1 Å². The molecule has 1 fully saturated rings. The number of anilines is 3. The van der Waals surface area contributed by atoms with Crippen LogP contribution in [0.3, 0.4) is 0 Å². The molecule has 3 aromatic rings. The molecular formula is C18H21N5O. The highest BCUT2D eigenvalue weighted by Crippen LogP contribution is 2.32. The lowest BCUT2D eigenvalue weighted by Gasteiger charge is -2.12. The molecule has 0 unspecified atom stereocenters.